The number of benzene rings is 1. The van der Waals surface area contributed by atoms with E-state index in [9.17, 15) is 0 Å². The van der Waals surface area contributed by atoms with E-state index in [-0.39, 0.29) is 0 Å². The molecule has 2 heteroatoms. The lowest BCUT2D eigenvalue weighted by molar-refractivity contribution is 1.33. The molecule has 0 saturated carbocycles. The zero-order chi connectivity index (χ0) is 10.1. The molecule has 71 valence electrons. The fourth-order valence-corrected chi connectivity index (χ4v) is 2.34. The molecule has 3 aromatic rings. The first-order valence-corrected chi connectivity index (χ1v) is 5.61. The molecular weight excluding hydrogens is 202 g/mol. The van der Waals surface area contributed by atoms with E-state index in [0.717, 1.165) is 11.1 Å². The van der Waals surface area contributed by atoms with Crippen molar-refractivity contribution >= 4 is 21.4 Å². The van der Waals surface area contributed by atoms with Gasteiger partial charge in [-0.15, -0.1) is 11.3 Å². The summed E-state index contributed by atoms with van der Waals surface area (Å²) in [5.41, 5.74) is 2.29. The van der Waals surface area contributed by atoms with Crippen LogP contribution in [0.1, 0.15) is 0 Å². The minimum Gasteiger partial charge on any atom is -0.265 e. The maximum Gasteiger partial charge on any atom is 0.0349 e. The van der Waals surface area contributed by atoms with E-state index >= 15 is 0 Å². The van der Waals surface area contributed by atoms with Crippen LogP contribution in [0.3, 0.4) is 0 Å². The average Bonchev–Trinajstić information content (AvgIpc) is 2.77. The van der Waals surface area contributed by atoms with Crippen molar-refractivity contribution in [3.8, 4) is 11.1 Å². The first-order chi connectivity index (χ1) is 7.43. The second-order valence-electron chi connectivity index (χ2n) is 3.31. The monoisotopic (exact) mass is 210 g/mol. The normalized spacial score (nSPS) is 10.7. The second kappa shape index (κ2) is 3.48. The summed E-state index contributed by atoms with van der Waals surface area (Å²) >= 11 is 1.75. The van der Waals surface area contributed by atoms with Crippen LogP contribution in [0.2, 0.25) is 0 Å². The lowest BCUT2D eigenvalue weighted by atomic mass is 10.1. The fourth-order valence-electron chi connectivity index (χ4n) is 1.60. The van der Waals surface area contributed by atoms with Gasteiger partial charge in [0, 0.05) is 22.5 Å². The summed E-state index contributed by atoms with van der Waals surface area (Å²) in [6.45, 7) is 0. The molecule has 3 rings (SSSR count). The van der Waals surface area contributed by atoms with Gasteiger partial charge in [0.15, 0.2) is 0 Å². The maximum atomic E-state index is 4.01. The van der Waals surface area contributed by atoms with Gasteiger partial charge in [-0.1, -0.05) is 6.07 Å². The molecule has 0 spiro atoms. The summed E-state index contributed by atoms with van der Waals surface area (Å²) in [4.78, 5) is 4.01. The molecular formula is C13H8NS. The van der Waals surface area contributed by atoms with Crippen molar-refractivity contribution in [3.63, 3.8) is 0 Å². The molecule has 0 aliphatic rings. The Bertz CT molecular complexity index is 584. The Morgan fingerprint density at radius 1 is 1.00 bits per heavy atom. The Morgan fingerprint density at radius 2 is 1.87 bits per heavy atom. The molecule has 2 heterocycles. The third-order valence-corrected chi connectivity index (χ3v) is 3.24. The van der Waals surface area contributed by atoms with Crippen molar-refractivity contribution in [2.24, 2.45) is 0 Å². The Kier molecular flexibility index (Phi) is 2.00. The zero-order valence-corrected chi connectivity index (χ0v) is 8.79. The van der Waals surface area contributed by atoms with Gasteiger partial charge in [0.05, 0.1) is 0 Å². The third kappa shape index (κ3) is 1.53. The molecule has 1 radical (unpaired) electrons. The van der Waals surface area contributed by atoms with Crippen LogP contribution >= 0.6 is 11.3 Å². The Labute approximate surface area is 92.0 Å². The van der Waals surface area contributed by atoms with Crippen LogP contribution in [0.25, 0.3) is 21.2 Å². The van der Waals surface area contributed by atoms with Crippen molar-refractivity contribution in [2.45, 2.75) is 0 Å². The second-order valence-corrected chi connectivity index (χ2v) is 4.25. The van der Waals surface area contributed by atoms with Crippen LogP contribution in [0, 0.1) is 6.07 Å². The Balaban J connectivity index is 2.19. The molecule has 15 heavy (non-hydrogen) atoms. The first kappa shape index (κ1) is 8.62. The molecule has 0 aliphatic heterocycles. The van der Waals surface area contributed by atoms with Crippen LogP contribution in [0.15, 0.2) is 48.1 Å². The van der Waals surface area contributed by atoms with E-state index < -0.39 is 0 Å². The van der Waals surface area contributed by atoms with Crippen molar-refractivity contribution < 1.29 is 0 Å². The fraction of sp³-hybridized carbons (Fsp3) is 0. The number of hydrogen-bond donors (Lipinski definition) is 0. The third-order valence-electron chi connectivity index (χ3n) is 2.36. The highest BCUT2D eigenvalue weighted by atomic mass is 32.1. The summed E-state index contributed by atoms with van der Waals surface area (Å²) in [6.07, 6.45) is 3.61. The number of aromatic nitrogens is 1. The topological polar surface area (TPSA) is 12.9 Å². The van der Waals surface area contributed by atoms with Crippen LogP contribution in [0.4, 0.5) is 0 Å². The van der Waals surface area contributed by atoms with Gasteiger partial charge in [0.25, 0.3) is 0 Å². The van der Waals surface area contributed by atoms with Gasteiger partial charge in [0.1, 0.15) is 0 Å². The molecule has 0 unspecified atom stereocenters. The minimum absolute atomic E-state index is 1.13. The van der Waals surface area contributed by atoms with Crippen molar-refractivity contribution in [2.75, 3.05) is 0 Å². The predicted octanol–water partition coefficient (Wildman–Crippen LogP) is 3.76. The van der Waals surface area contributed by atoms with E-state index in [0.29, 0.717) is 0 Å². The van der Waals surface area contributed by atoms with Crippen LogP contribution in [-0.4, -0.2) is 4.98 Å². The molecule has 1 nitrogen and oxygen atoms in total. The number of pyridine rings is 1. The summed E-state index contributed by atoms with van der Waals surface area (Å²) in [6, 6.07) is 13.8. The number of fused-ring (bicyclic) bond motifs is 1. The number of hydrogen-bond acceptors (Lipinski definition) is 2. The molecule has 0 saturated heterocycles. The van der Waals surface area contributed by atoms with E-state index in [1.807, 2.05) is 12.1 Å². The molecule has 0 atom stereocenters. The Morgan fingerprint density at radius 3 is 2.73 bits per heavy atom. The number of thiophene rings is 1. The summed E-state index contributed by atoms with van der Waals surface area (Å²) in [5, 5.41) is 3.28. The predicted molar refractivity (Wildman–Crippen MR) is 63.9 cm³/mol. The van der Waals surface area contributed by atoms with Gasteiger partial charge >= 0.3 is 0 Å². The van der Waals surface area contributed by atoms with Crippen molar-refractivity contribution in [1.82, 2.24) is 4.98 Å². The number of rotatable bonds is 1. The van der Waals surface area contributed by atoms with Crippen molar-refractivity contribution in [3.05, 3.63) is 54.2 Å². The maximum absolute atomic E-state index is 4.01. The van der Waals surface area contributed by atoms with Crippen LogP contribution in [0.5, 0.6) is 0 Å². The van der Waals surface area contributed by atoms with E-state index in [2.05, 4.69) is 34.6 Å². The van der Waals surface area contributed by atoms with Crippen LogP contribution < -0.4 is 0 Å². The SMILES string of the molecule is [c]1c(-c2ccncc2)ccc2sccc12. The highest BCUT2D eigenvalue weighted by Gasteiger charge is 2.00. The standard InChI is InChI=1S/C13H8NS/c1-2-13-12(5-8-15-13)9-11(1)10-3-6-14-7-4-10/h1-8H. The van der Waals surface area contributed by atoms with Gasteiger partial charge in [-0.3, -0.25) is 4.98 Å². The summed E-state index contributed by atoms with van der Waals surface area (Å²) in [7, 11) is 0. The van der Waals surface area contributed by atoms with E-state index in [4.69, 9.17) is 0 Å². The minimum atomic E-state index is 1.13. The van der Waals surface area contributed by atoms with Gasteiger partial charge < -0.3 is 0 Å². The molecule has 0 aliphatic carbocycles. The largest absolute Gasteiger partial charge is 0.265 e. The number of nitrogens with zero attached hydrogens (tertiary/aromatic N) is 1. The van der Waals surface area contributed by atoms with Gasteiger partial charge in [-0.05, 0) is 46.8 Å². The van der Waals surface area contributed by atoms with E-state index in [1.54, 1.807) is 23.7 Å². The Hall–Kier alpha value is -1.67. The van der Waals surface area contributed by atoms with Crippen molar-refractivity contribution in [1.29, 1.82) is 0 Å². The molecule has 1 aromatic carbocycles. The summed E-state index contributed by atoms with van der Waals surface area (Å²) < 4.78 is 1.29. The molecule has 0 fully saturated rings. The molecule has 0 N–H and O–H groups in total. The highest BCUT2D eigenvalue weighted by molar-refractivity contribution is 7.17. The highest BCUT2D eigenvalue weighted by Crippen LogP contribution is 2.26. The quantitative estimate of drug-likeness (QED) is 0.596. The van der Waals surface area contributed by atoms with Gasteiger partial charge in [-0.25, -0.2) is 0 Å². The average molecular weight is 210 g/mol. The van der Waals surface area contributed by atoms with E-state index in [1.165, 1.54) is 10.1 Å². The zero-order valence-electron chi connectivity index (χ0n) is 7.97. The molecule has 2 aromatic heterocycles. The lowest BCUT2D eigenvalue weighted by Gasteiger charge is -1.99. The first-order valence-electron chi connectivity index (χ1n) is 4.73. The summed E-state index contributed by atoms with van der Waals surface area (Å²) in [5.74, 6) is 0. The smallest absolute Gasteiger partial charge is 0.0349 e. The van der Waals surface area contributed by atoms with Gasteiger partial charge in [-0.2, -0.15) is 0 Å². The molecule has 0 amide bonds. The molecule has 0 bridgehead atoms. The van der Waals surface area contributed by atoms with Gasteiger partial charge in [0.2, 0.25) is 0 Å². The lowest BCUT2D eigenvalue weighted by Crippen LogP contribution is -1.77. The van der Waals surface area contributed by atoms with Crippen LogP contribution in [-0.2, 0) is 0 Å².